The van der Waals surface area contributed by atoms with Crippen LogP contribution in [0.4, 0.5) is 17.5 Å². The number of anilines is 3. The number of hydrogen-bond donors (Lipinski definition) is 3. The van der Waals surface area contributed by atoms with Gasteiger partial charge in [0.25, 0.3) is 0 Å². The molecule has 3 aromatic rings. The minimum absolute atomic E-state index is 0.391. The molecule has 0 fully saturated rings. The van der Waals surface area contributed by atoms with Gasteiger partial charge < -0.3 is 25.0 Å². The zero-order chi connectivity index (χ0) is 19.8. The van der Waals surface area contributed by atoms with Crippen LogP contribution in [0.1, 0.15) is 5.56 Å². The summed E-state index contributed by atoms with van der Waals surface area (Å²) in [5.74, 6) is 8.15. The second kappa shape index (κ2) is 9.43. The Hall–Kier alpha value is -3.52. The molecule has 1 heterocycles. The van der Waals surface area contributed by atoms with Gasteiger partial charge in [0.15, 0.2) is 11.5 Å². The van der Waals surface area contributed by atoms with Crippen molar-refractivity contribution in [2.24, 2.45) is 5.84 Å². The fourth-order valence-electron chi connectivity index (χ4n) is 2.59. The molecule has 8 heteroatoms. The molecule has 0 saturated carbocycles. The van der Waals surface area contributed by atoms with E-state index < -0.39 is 0 Å². The zero-order valence-corrected chi connectivity index (χ0v) is 15.8. The number of nitrogens with zero attached hydrogens (tertiary/aromatic N) is 2. The number of para-hydroxylation sites is 1. The van der Waals surface area contributed by atoms with Gasteiger partial charge in [0.05, 0.1) is 20.8 Å². The van der Waals surface area contributed by atoms with Gasteiger partial charge in [-0.15, -0.1) is 0 Å². The molecule has 8 nitrogen and oxygen atoms in total. The van der Waals surface area contributed by atoms with E-state index in [0.717, 1.165) is 11.3 Å². The van der Waals surface area contributed by atoms with Crippen LogP contribution in [0.5, 0.6) is 17.4 Å². The molecule has 146 valence electrons. The molecular formula is C20H23N5O3. The van der Waals surface area contributed by atoms with Crippen LogP contribution >= 0.6 is 0 Å². The first-order valence-corrected chi connectivity index (χ1v) is 8.73. The number of benzene rings is 2. The Morgan fingerprint density at radius 1 is 0.929 bits per heavy atom. The molecule has 1 aromatic heterocycles. The Morgan fingerprint density at radius 2 is 1.71 bits per heavy atom. The van der Waals surface area contributed by atoms with Gasteiger partial charge in [-0.1, -0.05) is 24.3 Å². The molecule has 0 radical (unpaired) electrons. The highest BCUT2D eigenvalue weighted by Gasteiger charge is 2.08. The minimum Gasteiger partial charge on any atom is -0.493 e. The van der Waals surface area contributed by atoms with Gasteiger partial charge in [-0.2, -0.15) is 9.97 Å². The van der Waals surface area contributed by atoms with E-state index in [2.05, 4.69) is 20.7 Å². The smallest absolute Gasteiger partial charge is 0.232 e. The summed E-state index contributed by atoms with van der Waals surface area (Å²) in [7, 11) is 3.22. The van der Waals surface area contributed by atoms with Crippen molar-refractivity contribution in [3.05, 3.63) is 60.2 Å². The quantitative estimate of drug-likeness (QED) is 0.384. The number of nitrogens with one attached hydrogen (secondary N) is 2. The molecule has 2 aromatic carbocycles. The maximum Gasteiger partial charge on any atom is 0.232 e. The third-order valence-electron chi connectivity index (χ3n) is 3.97. The maximum absolute atomic E-state index is 5.80. The predicted octanol–water partition coefficient (Wildman–Crippen LogP) is 3.14. The van der Waals surface area contributed by atoms with E-state index in [0.29, 0.717) is 42.2 Å². The summed E-state index contributed by atoms with van der Waals surface area (Å²) in [5.41, 5.74) is 4.46. The van der Waals surface area contributed by atoms with E-state index in [4.69, 9.17) is 20.1 Å². The van der Waals surface area contributed by atoms with Gasteiger partial charge in [0, 0.05) is 18.2 Å². The summed E-state index contributed by atoms with van der Waals surface area (Å²) >= 11 is 0. The first-order chi connectivity index (χ1) is 13.7. The fraction of sp³-hybridized carbons (Fsp3) is 0.200. The first kappa shape index (κ1) is 19.2. The predicted molar refractivity (Wildman–Crippen MR) is 108 cm³/mol. The lowest BCUT2D eigenvalue weighted by Gasteiger charge is -2.12. The van der Waals surface area contributed by atoms with Gasteiger partial charge >= 0.3 is 0 Å². The second-order valence-corrected chi connectivity index (χ2v) is 5.84. The Bertz CT molecular complexity index is 906. The number of ether oxygens (including phenoxy) is 3. The molecule has 0 amide bonds. The topological polar surface area (TPSA) is 104 Å². The number of nitrogen functional groups attached to an aromatic ring is 1. The second-order valence-electron chi connectivity index (χ2n) is 5.84. The molecule has 4 N–H and O–H groups in total. The van der Waals surface area contributed by atoms with Crippen LogP contribution in [0.2, 0.25) is 0 Å². The van der Waals surface area contributed by atoms with Crippen molar-refractivity contribution in [1.82, 2.24) is 9.97 Å². The Labute approximate surface area is 163 Å². The zero-order valence-electron chi connectivity index (χ0n) is 15.8. The van der Waals surface area contributed by atoms with Crippen molar-refractivity contribution in [1.29, 1.82) is 0 Å². The van der Waals surface area contributed by atoms with E-state index in [1.165, 1.54) is 0 Å². The van der Waals surface area contributed by atoms with Crippen LogP contribution in [0.3, 0.4) is 0 Å². The number of aromatic nitrogens is 2. The lowest BCUT2D eigenvalue weighted by molar-refractivity contribution is 0.309. The van der Waals surface area contributed by atoms with Crippen LogP contribution in [-0.4, -0.2) is 30.8 Å². The fourth-order valence-corrected chi connectivity index (χ4v) is 2.59. The van der Waals surface area contributed by atoms with Crippen LogP contribution in [0, 0.1) is 0 Å². The maximum atomic E-state index is 5.80. The summed E-state index contributed by atoms with van der Waals surface area (Å²) in [4.78, 5) is 8.67. The average molecular weight is 381 g/mol. The van der Waals surface area contributed by atoms with Crippen LogP contribution in [-0.2, 0) is 6.42 Å². The van der Waals surface area contributed by atoms with Crippen molar-refractivity contribution in [3.63, 3.8) is 0 Å². The highest BCUT2D eigenvalue weighted by molar-refractivity contribution is 5.55. The number of hydrogen-bond acceptors (Lipinski definition) is 8. The monoisotopic (exact) mass is 381 g/mol. The molecule has 0 unspecified atom stereocenters. The van der Waals surface area contributed by atoms with Crippen LogP contribution in [0.25, 0.3) is 0 Å². The van der Waals surface area contributed by atoms with Gasteiger partial charge in [0.2, 0.25) is 11.8 Å². The molecule has 28 heavy (non-hydrogen) atoms. The normalized spacial score (nSPS) is 10.2. The van der Waals surface area contributed by atoms with E-state index in [1.54, 1.807) is 20.3 Å². The summed E-state index contributed by atoms with van der Waals surface area (Å²) in [6.07, 6.45) is 0.678. The van der Waals surface area contributed by atoms with E-state index in [9.17, 15) is 0 Å². The van der Waals surface area contributed by atoms with E-state index in [1.807, 2.05) is 48.5 Å². The molecule has 0 bridgehead atoms. The molecular weight excluding hydrogens is 358 g/mol. The summed E-state index contributed by atoms with van der Waals surface area (Å²) in [6, 6.07) is 17.0. The van der Waals surface area contributed by atoms with Gasteiger partial charge in [0.1, 0.15) is 5.82 Å². The van der Waals surface area contributed by atoms with Crippen molar-refractivity contribution in [2.45, 2.75) is 6.42 Å². The van der Waals surface area contributed by atoms with Crippen molar-refractivity contribution >= 4 is 17.5 Å². The molecule has 0 atom stereocenters. The van der Waals surface area contributed by atoms with Gasteiger partial charge in [-0.25, -0.2) is 5.84 Å². The molecule has 0 aliphatic carbocycles. The van der Waals surface area contributed by atoms with Crippen LogP contribution < -0.4 is 30.8 Å². The van der Waals surface area contributed by atoms with Gasteiger partial charge in [-0.05, 0) is 29.8 Å². The molecule has 0 saturated heterocycles. The third kappa shape index (κ3) is 5.01. The Balaban J connectivity index is 1.66. The molecule has 0 spiro atoms. The molecule has 0 aliphatic rings. The SMILES string of the molecule is COc1ccc(CCOc2cc(NN)nc(Nc3ccccc3)n2)cc1OC. The summed E-state index contributed by atoms with van der Waals surface area (Å²) < 4.78 is 16.4. The number of nitrogens with two attached hydrogens (primary N) is 1. The van der Waals surface area contributed by atoms with E-state index in [-0.39, 0.29) is 0 Å². The first-order valence-electron chi connectivity index (χ1n) is 8.73. The standard InChI is InChI=1S/C20H23N5O3/c1-26-16-9-8-14(12-17(16)27-2)10-11-28-19-13-18(25-21)23-20(24-19)22-15-6-4-3-5-7-15/h3-9,12-13H,10-11,21H2,1-2H3,(H2,22,23,24,25). The van der Waals surface area contributed by atoms with Crippen molar-refractivity contribution < 1.29 is 14.2 Å². The van der Waals surface area contributed by atoms with E-state index >= 15 is 0 Å². The number of rotatable bonds is 9. The minimum atomic E-state index is 0.391. The van der Waals surface area contributed by atoms with Crippen molar-refractivity contribution in [3.8, 4) is 17.4 Å². The largest absolute Gasteiger partial charge is 0.493 e. The molecule has 0 aliphatic heterocycles. The summed E-state index contributed by atoms with van der Waals surface area (Å²) in [6.45, 7) is 0.432. The third-order valence-corrected chi connectivity index (χ3v) is 3.97. The molecule has 3 rings (SSSR count). The van der Waals surface area contributed by atoms with Gasteiger partial charge in [-0.3, -0.25) is 0 Å². The highest BCUT2D eigenvalue weighted by Crippen LogP contribution is 2.27. The lowest BCUT2D eigenvalue weighted by Crippen LogP contribution is -2.11. The van der Waals surface area contributed by atoms with Crippen molar-refractivity contribution in [2.75, 3.05) is 31.6 Å². The Morgan fingerprint density at radius 3 is 2.43 bits per heavy atom. The lowest BCUT2D eigenvalue weighted by atomic mass is 10.1. The average Bonchev–Trinajstić information content (AvgIpc) is 2.74. The number of hydrazine groups is 1. The van der Waals surface area contributed by atoms with Crippen LogP contribution in [0.15, 0.2) is 54.6 Å². The number of methoxy groups -OCH3 is 2. The highest BCUT2D eigenvalue weighted by atomic mass is 16.5. The Kier molecular flexibility index (Phi) is 6.48. The summed E-state index contributed by atoms with van der Waals surface area (Å²) in [5, 5.41) is 3.13.